The molecule has 0 N–H and O–H groups in total. The third-order valence-corrected chi connectivity index (χ3v) is 2.22. The summed E-state index contributed by atoms with van der Waals surface area (Å²) >= 11 is 3.29. The molecule has 3 nitrogen and oxygen atoms in total. The van der Waals surface area contributed by atoms with Gasteiger partial charge in [-0.3, -0.25) is 4.98 Å². The Morgan fingerprint density at radius 2 is 2.14 bits per heavy atom. The van der Waals surface area contributed by atoms with Crippen LogP contribution in [0.1, 0.15) is 0 Å². The van der Waals surface area contributed by atoms with E-state index in [-0.39, 0.29) is 0 Å². The first-order chi connectivity index (χ1) is 6.79. The van der Waals surface area contributed by atoms with Crippen LogP contribution in [-0.2, 0) is 6.80 Å². The van der Waals surface area contributed by atoms with E-state index in [4.69, 9.17) is 0 Å². The average Bonchev–Trinajstić information content (AvgIpc) is 2.67. The number of pyridine rings is 1. The highest BCUT2D eigenvalue weighted by atomic mass is 79.9. The van der Waals surface area contributed by atoms with E-state index in [1.54, 1.807) is 18.5 Å². The van der Waals surface area contributed by atoms with Crippen LogP contribution < -0.4 is 0 Å². The largest absolute Gasteiger partial charge is 0.253 e. The Morgan fingerprint density at radius 3 is 2.71 bits per heavy atom. The topological polar surface area (TPSA) is 30.7 Å². The van der Waals surface area contributed by atoms with Crippen molar-refractivity contribution in [2.24, 2.45) is 0 Å². The normalized spacial score (nSPS) is 10.4. The molecule has 0 spiro atoms. The second-order valence-corrected chi connectivity index (χ2v) is 3.64. The van der Waals surface area contributed by atoms with E-state index in [9.17, 15) is 4.39 Å². The molecule has 0 aliphatic rings. The molecule has 2 rings (SSSR count). The SMILES string of the molecule is FCn1ccc(-c2ccc(Br)cn2)n1. The van der Waals surface area contributed by atoms with Gasteiger partial charge in [0.15, 0.2) is 6.80 Å². The third-order valence-electron chi connectivity index (χ3n) is 1.75. The van der Waals surface area contributed by atoms with E-state index in [0.717, 1.165) is 10.2 Å². The molecular formula is C9H7BrFN3. The van der Waals surface area contributed by atoms with Gasteiger partial charge in [-0.15, -0.1) is 0 Å². The van der Waals surface area contributed by atoms with Gasteiger partial charge in [0.1, 0.15) is 5.69 Å². The Morgan fingerprint density at radius 1 is 1.29 bits per heavy atom. The van der Waals surface area contributed by atoms with Gasteiger partial charge in [0.2, 0.25) is 0 Å². The van der Waals surface area contributed by atoms with Gasteiger partial charge in [-0.2, -0.15) is 5.10 Å². The van der Waals surface area contributed by atoms with Crippen molar-refractivity contribution in [3.05, 3.63) is 35.1 Å². The summed E-state index contributed by atoms with van der Waals surface area (Å²) in [5.41, 5.74) is 1.41. The molecule has 0 aromatic carbocycles. The lowest BCUT2D eigenvalue weighted by molar-refractivity contribution is 0.350. The van der Waals surface area contributed by atoms with Crippen molar-refractivity contribution in [2.75, 3.05) is 0 Å². The zero-order valence-corrected chi connectivity index (χ0v) is 8.78. The minimum Gasteiger partial charge on any atom is -0.253 e. The minimum atomic E-state index is -0.615. The highest BCUT2D eigenvalue weighted by molar-refractivity contribution is 9.10. The third kappa shape index (κ3) is 1.82. The predicted octanol–water partition coefficient (Wildman–Crippen LogP) is 2.63. The van der Waals surface area contributed by atoms with Crippen molar-refractivity contribution in [2.45, 2.75) is 6.80 Å². The zero-order chi connectivity index (χ0) is 9.97. The lowest BCUT2D eigenvalue weighted by Crippen LogP contribution is -1.93. The smallest absolute Gasteiger partial charge is 0.181 e. The molecule has 0 radical (unpaired) electrons. The summed E-state index contributed by atoms with van der Waals surface area (Å²) in [5.74, 6) is 0. The molecule has 0 bridgehead atoms. The predicted molar refractivity (Wildman–Crippen MR) is 54.3 cm³/mol. The summed E-state index contributed by atoms with van der Waals surface area (Å²) in [4.78, 5) is 4.15. The standard InChI is InChI=1S/C9H7BrFN3/c10-7-1-2-8(12-5-7)9-3-4-14(6-11)13-9/h1-5H,6H2. The second kappa shape index (κ2) is 3.88. The molecule has 72 valence electrons. The summed E-state index contributed by atoms with van der Waals surface area (Å²) in [6.45, 7) is -0.615. The second-order valence-electron chi connectivity index (χ2n) is 2.72. The lowest BCUT2D eigenvalue weighted by atomic mass is 10.3. The zero-order valence-electron chi connectivity index (χ0n) is 7.19. The van der Waals surface area contributed by atoms with Crippen molar-refractivity contribution in [3.8, 4) is 11.4 Å². The molecule has 2 heterocycles. The molecule has 2 aromatic heterocycles. The maximum atomic E-state index is 12.2. The highest BCUT2D eigenvalue weighted by Gasteiger charge is 2.02. The Labute approximate surface area is 88.7 Å². The summed E-state index contributed by atoms with van der Waals surface area (Å²) in [7, 11) is 0. The van der Waals surface area contributed by atoms with Gasteiger partial charge in [0, 0.05) is 16.9 Å². The first-order valence-corrected chi connectivity index (χ1v) is 4.80. The fraction of sp³-hybridized carbons (Fsp3) is 0.111. The van der Waals surface area contributed by atoms with E-state index in [2.05, 4.69) is 26.0 Å². The molecule has 0 aliphatic heterocycles. The van der Waals surface area contributed by atoms with Gasteiger partial charge in [-0.25, -0.2) is 9.07 Å². The van der Waals surface area contributed by atoms with Crippen LogP contribution in [0.5, 0.6) is 0 Å². The van der Waals surface area contributed by atoms with Crippen molar-refractivity contribution in [1.82, 2.24) is 14.8 Å². The summed E-state index contributed by atoms with van der Waals surface area (Å²) < 4.78 is 14.3. The number of aromatic nitrogens is 3. The maximum absolute atomic E-state index is 12.2. The molecule has 0 atom stereocenters. The summed E-state index contributed by atoms with van der Waals surface area (Å²) in [6.07, 6.45) is 3.27. The Bertz CT molecular complexity index is 424. The van der Waals surface area contributed by atoms with Crippen LogP contribution >= 0.6 is 15.9 Å². The molecule has 0 saturated carbocycles. The number of nitrogens with zero attached hydrogens (tertiary/aromatic N) is 3. The summed E-state index contributed by atoms with van der Waals surface area (Å²) in [5, 5.41) is 3.99. The van der Waals surface area contributed by atoms with Crippen molar-refractivity contribution in [1.29, 1.82) is 0 Å². The van der Waals surface area contributed by atoms with Crippen LogP contribution in [-0.4, -0.2) is 14.8 Å². The average molecular weight is 256 g/mol. The first-order valence-electron chi connectivity index (χ1n) is 4.01. The minimum absolute atomic E-state index is 0.615. The van der Waals surface area contributed by atoms with Gasteiger partial charge in [0.05, 0.1) is 5.69 Å². The highest BCUT2D eigenvalue weighted by Crippen LogP contribution is 2.16. The molecule has 0 saturated heterocycles. The molecule has 0 aliphatic carbocycles. The van der Waals surface area contributed by atoms with Gasteiger partial charge in [0.25, 0.3) is 0 Å². The van der Waals surface area contributed by atoms with Crippen LogP contribution in [0.15, 0.2) is 35.1 Å². The Kier molecular flexibility index (Phi) is 2.58. The Hall–Kier alpha value is -1.23. The van der Waals surface area contributed by atoms with Crippen LogP contribution in [0.2, 0.25) is 0 Å². The first kappa shape index (κ1) is 9.33. The van der Waals surface area contributed by atoms with Crippen LogP contribution in [0.25, 0.3) is 11.4 Å². The van der Waals surface area contributed by atoms with Crippen LogP contribution in [0.3, 0.4) is 0 Å². The van der Waals surface area contributed by atoms with E-state index in [1.165, 1.54) is 4.68 Å². The van der Waals surface area contributed by atoms with Gasteiger partial charge >= 0.3 is 0 Å². The van der Waals surface area contributed by atoms with E-state index < -0.39 is 6.80 Å². The van der Waals surface area contributed by atoms with E-state index >= 15 is 0 Å². The fourth-order valence-electron chi connectivity index (χ4n) is 1.09. The molecule has 0 fully saturated rings. The quantitative estimate of drug-likeness (QED) is 0.826. The maximum Gasteiger partial charge on any atom is 0.181 e. The molecular weight excluding hydrogens is 249 g/mol. The van der Waals surface area contributed by atoms with Crippen molar-refractivity contribution >= 4 is 15.9 Å². The number of halogens is 2. The summed E-state index contributed by atoms with van der Waals surface area (Å²) in [6, 6.07) is 5.43. The molecule has 5 heteroatoms. The number of rotatable bonds is 2. The van der Waals surface area contributed by atoms with Gasteiger partial charge in [-0.1, -0.05) is 0 Å². The molecule has 0 unspecified atom stereocenters. The molecule has 2 aromatic rings. The number of alkyl halides is 1. The van der Waals surface area contributed by atoms with E-state index in [0.29, 0.717) is 5.69 Å². The van der Waals surface area contributed by atoms with Crippen LogP contribution in [0.4, 0.5) is 4.39 Å². The molecule has 0 amide bonds. The fourth-order valence-corrected chi connectivity index (χ4v) is 1.33. The Balaban J connectivity index is 2.34. The monoisotopic (exact) mass is 255 g/mol. The number of hydrogen-bond donors (Lipinski definition) is 0. The lowest BCUT2D eigenvalue weighted by Gasteiger charge is -1.95. The van der Waals surface area contributed by atoms with Crippen molar-refractivity contribution in [3.63, 3.8) is 0 Å². The van der Waals surface area contributed by atoms with Crippen molar-refractivity contribution < 1.29 is 4.39 Å². The van der Waals surface area contributed by atoms with Gasteiger partial charge in [-0.05, 0) is 34.1 Å². The van der Waals surface area contributed by atoms with E-state index in [1.807, 2.05) is 12.1 Å². The van der Waals surface area contributed by atoms with Gasteiger partial charge < -0.3 is 0 Å². The number of hydrogen-bond acceptors (Lipinski definition) is 2. The van der Waals surface area contributed by atoms with Crippen LogP contribution in [0, 0.1) is 0 Å². The molecule has 14 heavy (non-hydrogen) atoms.